The van der Waals surface area contributed by atoms with Crippen molar-refractivity contribution in [3.8, 4) is 0 Å². The van der Waals surface area contributed by atoms with Crippen LogP contribution in [0.4, 0.5) is 19.1 Å². The zero-order chi connectivity index (χ0) is 16.6. The number of hydrogen-bond acceptors (Lipinski definition) is 3. The zero-order valence-electron chi connectivity index (χ0n) is 13.4. The van der Waals surface area contributed by atoms with Crippen molar-refractivity contribution < 1.29 is 18.3 Å². The maximum absolute atomic E-state index is 12.5. The fourth-order valence-corrected chi connectivity index (χ4v) is 1.95. The van der Waals surface area contributed by atoms with E-state index >= 15 is 0 Å². The molecule has 7 heteroatoms. The third-order valence-corrected chi connectivity index (χ3v) is 2.89. The van der Waals surface area contributed by atoms with Gasteiger partial charge in [-0.05, 0) is 12.8 Å². The number of alkyl halides is 3. The molecule has 124 valence electrons. The number of aliphatic hydroxyl groups is 1. The second kappa shape index (κ2) is 8.92. The smallest absolute Gasteiger partial charge is 0.393 e. The monoisotopic (exact) mass is 309 g/mol. The molecule has 0 bridgehead atoms. The highest BCUT2D eigenvalue weighted by atomic mass is 19.4. The molecule has 2 heterocycles. The lowest BCUT2D eigenvalue weighted by Crippen LogP contribution is -2.37. The molecule has 21 heavy (non-hydrogen) atoms. The minimum Gasteiger partial charge on any atom is -0.393 e. The third kappa shape index (κ3) is 5.57. The Hall–Kier alpha value is -1.24. The molecule has 1 aromatic heterocycles. The standard InChI is InChI=1S/C10H14F3N3O.2C2H6/c1-15-6-8(10(11,12)13)14-9(15)16-4-2-7(17)3-5-16;2*1-2/h6-7,17H,2-5H2,1H3;2*1-2H3. The fourth-order valence-electron chi connectivity index (χ4n) is 1.95. The van der Waals surface area contributed by atoms with Crippen LogP contribution in [-0.2, 0) is 13.2 Å². The molecule has 0 aromatic carbocycles. The number of imidazole rings is 1. The van der Waals surface area contributed by atoms with Gasteiger partial charge < -0.3 is 14.6 Å². The van der Waals surface area contributed by atoms with E-state index in [1.54, 1.807) is 11.9 Å². The molecule has 1 aliphatic heterocycles. The summed E-state index contributed by atoms with van der Waals surface area (Å²) in [5.74, 6) is 0.309. The van der Waals surface area contributed by atoms with Gasteiger partial charge in [-0.15, -0.1) is 0 Å². The molecule has 1 aromatic rings. The molecular formula is C14H26F3N3O. The molecular weight excluding hydrogens is 283 g/mol. The maximum Gasteiger partial charge on any atom is 0.434 e. The number of aliphatic hydroxyl groups excluding tert-OH is 1. The summed E-state index contributed by atoms with van der Waals surface area (Å²) >= 11 is 0. The van der Waals surface area contributed by atoms with Gasteiger partial charge in [0, 0.05) is 26.3 Å². The minimum atomic E-state index is -4.41. The SMILES string of the molecule is CC.CC.Cn1cc(C(F)(F)F)nc1N1CCC(O)CC1. The Labute approximate surface area is 124 Å². The molecule has 0 spiro atoms. The molecule has 1 aliphatic rings. The minimum absolute atomic E-state index is 0.309. The van der Waals surface area contributed by atoms with Gasteiger partial charge in [0.2, 0.25) is 5.95 Å². The quantitative estimate of drug-likeness (QED) is 0.864. The highest BCUT2D eigenvalue weighted by Gasteiger charge is 2.35. The summed E-state index contributed by atoms with van der Waals surface area (Å²) in [7, 11) is 1.54. The average Bonchev–Trinajstić information content (AvgIpc) is 2.86. The molecule has 0 amide bonds. The Morgan fingerprint density at radius 1 is 1.14 bits per heavy atom. The Bertz CT molecular complexity index is 397. The molecule has 0 unspecified atom stereocenters. The van der Waals surface area contributed by atoms with E-state index in [9.17, 15) is 18.3 Å². The van der Waals surface area contributed by atoms with E-state index in [4.69, 9.17) is 0 Å². The number of piperidine rings is 1. The van der Waals surface area contributed by atoms with Crippen molar-refractivity contribution >= 4 is 5.95 Å². The first-order valence-electron chi connectivity index (χ1n) is 7.41. The first-order chi connectivity index (χ1) is 9.88. The van der Waals surface area contributed by atoms with Crippen molar-refractivity contribution in [2.75, 3.05) is 18.0 Å². The summed E-state index contributed by atoms with van der Waals surface area (Å²) in [6.07, 6.45) is -2.65. The van der Waals surface area contributed by atoms with E-state index in [2.05, 4.69) is 4.98 Å². The van der Waals surface area contributed by atoms with Crippen LogP contribution in [0.25, 0.3) is 0 Å². The van der Waals surface area contributed by atoms with E-state index in [0.29, 0.717) is 31.9 Å². The Kier molecular flexibility index (Phi) is 8.39. The van der Waals surface area contributed by atoms with Crippen molar-refractivity contribution in [3.63, 3.8) is 0 Å². The van der Waals surface area contributed by atoms with Crippen LogP contribution in [-0.4, -0.2) is 33.9 Å². The lowest BCUT2D eigenvalue weighted by atomic mass is 10.1. The van der Waals surface area contributed by atoms with Gasteiger partial charge in [-0.1, -0.05) is 27.7 Å². The zero-order valence-corrected chi connectivity index (χ0v) is 13.4. The van der Waals surface area contributed by atoms with Crippen molar-refractivity contribution in [3.05, 3.63) is 11.9 Å². The highest BCUT2D eigenvalue weighted by Crippen LogP contribution is 2.30. The van der Waals surface area contributed by atoms with Crippen LogP contribution in [0.1, 0.15) is 46.2 Å². The van der Waals surface area contributed by atoms with Crippen molar-refractivity contribution in [1.82, 2.24) is 9.55 Å². The normalized spacial score (nSPS) is 15.8. The van der Waals surface area contributed by atoms with Gasteiger partial charge >= 0.3 is 6.18 Å². The van der Waals surface area contributed by atoms with Crippen LogP contribution in [0.5, 0.6) is 0 Å². The van der Waals surface area contributed by atoms with Crippen LogP contribution < -0.4 is 4.90 Å². The number of rotatable bonds is 1. The lowest BCUT2D eigenvalue weighted by Gasteiger charge is -2.30. The van der Waals surface area contributed by atoms with E-state index in [0.717, 1.165) is 6.20 Å². The Morgan fingerprint density at radius 3 is 2.00 bits per heavy atom. The second-order valence-corrected chi connectivity index (χ2v) is 4.25. The van der Waals surface area contributed by atoms with Crippen molar-refractivity contribution in [2.45, 2.75) is 52.8 Å². The third-order valence-electron chi connectivity index (χ3n) is 2.89. The topological polar surface area (TPSA) is 41.3 Å². The predicted octanol–water partition coefficient (Wildman–Crippen LogP) is 3.45. The predicted molar refractivity (Wildman–Crippen MR) is 78.4 cm³/mol. The molecule has 0 atom stereocenters. The van der Waals surface area contributed by atoms with Crippen molar-refractivity contribution in [1.29, 1.82) is 0 Å². The number of aromatic nitrogens is 2. The molecule has 0 aliphatic carbocycles. The van der Waals surface area contributed by atoms with Crippen LogP contribution in [0.15, 0.2) is 6.20 Å². The van der Waals surface area contributed by atoms with Crippen molar-refractivity contribution in [2.24, 2.45) is 7.05 Å². The molecule has 0 radical (unpaired) electrons. The van der Waals surface area contributed by atoms with E-state index < -0.39 is 11.9 Å². The molecule has 4 nitrogen and oxygen atoms in total. The van der Waals surface area contributed by atoms with E-state index in [-0.39, 0.29) is 6.10 Å². The van der Waals surface area contributed by atoms with Gasteiger partial charge in [-0.25, -0.2) is 4.98 Å². The van der Waals surface area contributed by atoms with Gasteiger partial charge in [0.05, 0.1) is 6.10 Å². The van der Waals surface area contributed by atoms with Gasteiger partial charge in [-0.2, -0.15) is 13.2 Å². The largest absolute Gasteiger partial charge is 0.434 e. The number of nitrogens with zero attached hydrogens (tertiary/aromatic N) is 3. The number of hydrogen-bond donors (Lipinski definition) is 1. The summed E-state index contributed by atoms with van der Waals surface area (Å²) in [6.45, 7) is 9.06. The van der Waals surface area contributed by atoms with Crippen LogP contribution in [0, 0.1) is 0 Å². The average molecular weight is 309 g/mol. The summed E-state index contributed by atoms with van der Waals surface area (Å²) in [6, 6.07) is 0. The molecule has 2 rings (SSSR count). The van der Waals surface area contributed by atoms with E-state index in [1.807, 2.05) is 27.7 Å². The van der Waals surface area contributed by atoms with Gasteiger partial charge in [0.1, 0.15) is 0 Å². The first kappa shape index (κ1) is 19.8. The molecule has 0 saturated carbocycles. The van der Waals surface area contributed by atoms with Gasteiger partial charge in [0.15, 0.2) is 5.69 Å². The number of anilines is 1. The maximum atomic E-state index is 12.5. The summed E-state index contributed by atoms with van der Waals surface area (Å²) in [5.41, 5.74) is -0.874. The van der Waals surface area contributed by atoms with Crippen LogP contribution in [0.3, 0.4) is 0 Å². The van der Waals surface area contributed by atoms with Crippen LogP contribution in [0.2, 0.25) is 0 Å². The summed E-state index contributed by atoms with van der Waals surface area (Å²) < 4.78 is 38.8. The van der Waals surface area contributed by atoms with Gasteiger partial charge in [-0.3, -0.25) is 0 Å². The fraction of sp³-hybridized carbons (Fsp3) is 0.786. The Morgan fingerprint density at radius 2 is 1.62 bits per heavy atom. The van der Waals surface area contributed by atoms with Gasteiger partial charge in [0.25, 0.3) is 0 Å². The molecule has 1 fully saturated rings. The number of halogens is 3. The lowest BCUT2D eigenvalue weighted by molar-refractivity contribution is -0.140. The van der Waals surface area contributed by atoms with Crippen LogP contribution >= 0.6 is 0 Å². The molecule has 1 saturated heterocycles. The number of aryl methyl sites for hydroxylation is 1. The second-order valence-electron chi connectivity index (χ2n) is 4.25. The summed E-state index contributed by atoms with van der Waals surface area (Å²) in [4.78, 5) is 5.38. The molecule has 1 N–H and O–H groups in total. The van der Waals surface area contributed by atoms with E-state index in [1.165, 1.54) is 4.57 Å². The Balaban J connectivity index is 0.000000921. The first-order valence-corrected chi connectivity index (χ1v) is 7.41. The highest BCUT2D eigenvalue weighted by molar-refractivity contribution is 5.34. The summed E-state index contributed by atoms with van der Waals surface area (Å²) in [5, 5.41) is 9.34.